The Balaban J connectivity index is 1.47. The van der Waals surface area contributed by atoms with Crippen LogP contribution in [0.1, 0.15) is 6.42 Å². The number of hydrogen-bond donors (Lipinski definition) is 1. The second-order valence-corrected chi connectivity index (χ2v) is 10.3. The van der Waals surface area contributed by atoms with Gasteiger partial charge in [0.25, 0.3) is 0 Å². The molecule has 0 bridgehead atoms. The molecule has 39 heavy (non-hydrogen) atoms. The molecule has 0 saturated carbocycles. The van der Waals surface area contributed by atoms with Crippen LogP contribution in [-0.2, 0) is 7.05 Å². The summed E-state index contributed by atoms with van der Waals surface area (Å²) < 4.78 is 54.6. The molecule has 2 atom stereocenters. The minimum Gasteiger partial charge on any atom is -0.486 e. The Morgan fingerprint density at radius 2 is 1.97 bits per heavy atom. The van der Waals surface area contributed by atoms with Gasteiger partial charge in [0.2, 0.25) is 5.88 Å². The molecule has 9 nitrogen and oxygen atoms in total. The summed E-state index contributed by atoms with van der Waals surface area (Å²) in [6.07, 6.45) is 1.53. The first-order valence-corrected chi connectivity index (χ1v) is 13.1. The van der Waals surface area contributed by atoms with E-state index in [-0.39, 0.29) is 12.4 Å². The lowest BCUT2D eigenvalue weighted by Gasteiger charge is -2.32. The van der Waals surface area contributed by atoms with Gasteiger partial charge in [-0.15, -0.1) is 16.4 Å². The Morgan fingerprint density at radius 3 is 2.79 bits per heavy atom. The third kappa shape index (κ3) is 5.19. The van der Waals surface area contributed by atoms with Crippen molar-refractivity contribution in [3.8, 4) is 22.8 Å². The number of nitrogens with one attached hydrogen (secondary N) is 1. The average Bonchev–Trinajstić information content (AvgIpc) is 3.51. The van der Waals surface area contributed by atoms with Crippen LogP contribution < -0.4 is 14.8 Å². The highest BCUT2D eigenvalue weighted by atomic mass is 32.1. The van der Waals surface area contributed by atoms with E-state index in [9.17, 15) is 8.78 Å². The number of anilines is 2. The molecule has 1 saturated heterocycles. The van der Waals surface area contributed by atoms with Gasteiger partial charge in [-0.25, -0.2) is 19.3 Å². The number of alkyl halides is 3. The second-order valence-electron chi connectivity index (χ2n) is 9.37. The predicted molar refractivity (Wildman–Crippen MR) is 143 cm³/mol. The molecule has 13 heteroatoms. The molecule has 202 valence electrons. The molecule has 6 rings (SSSR count). The molecule has 1 aliphatic rings. The van der Waals surface area contributed by atoms with Crippen LogP contribution in [0.4, 0.5) is 24.7 Å². The van der Waals surface area contributed by atoms with Gasteiger partial charge in [-0.2, -0.15) is 8.78 Å². The Labute approximate surface area is 225 Å². The lowest BCUT2D eigenvalue weighted by molar-refractivity contribution is -0.0527. The number of thiazole rings is 1. The van der Waals surface area contributed by atoms with Crippen LogP contribution in [0.25, 0.3) is 32.2 Å². The van der Waals surface area contributed by atoms with Crippen molar-refractivity contribution in [2.45, 2.75) is 25.3 Å². The summed E-state index contributed by atoms with van der Waals surface area (Å²) in [5, 5.41) is 7.90. The van der Waals surface area contributed by atoms with E-state index in [0.717, 1.165) is 15.9 Å². The minimum absolute atomic E-state index is 0.231. The monoisotopic (exact) mass is 555 g/mol. The van der Waals surface area contributed by atoms with Gasteiger partial charge in [-0.05, 0) is 49.4 Å². The van der Waals surface area contributed by atoms with E-state index in [1.165, 1.54) is 22.3 Å². The molecule has 2 aromatic carbocycles. The quantitative estimate of drug-likeness (QED) is 0.285. The Hall–Kier alpha value is -3.97. The molecule has 0 amide bonds. The van der Waals surface area contributed by atoms with Crippen LogP contribution in [0.3, 0.4) is 0 Å². The number of aromatic nitrogens is 5. The largest absolute Gasteiger partial charge is 0.486 e. The van der Waals surface area contributed by atoms with E-state index in [1.54, 1.807) is 30.9 Å². The number of ether oxygens (including phenoxy) is 2. The zero-order chi connectivity index (χ0) is 27.1. The number of aryl methyl sites for hydroxylation is 1. The number of likely N-dealkylation sites (tertiary alicyclic amines) is 1. The minimum atomic E-state index is -3.05. The molecule has 3 aromatic heterocycles. The number of fused-ring (bicyclic) bond motifs is 2. The highest BCUT2D eigenvalue weighted by molar-refractivity contribution is 7.16. The van der Waals surface area contributed by atoms with Crippen LogP contribution in [-0.4, -0.2) is 68.7 Å². The van der Waals surface area contributed by atoms with Gasteiger partial charge in [0.1, 0.15) is 30.2 Å². The topological polar surface area (TPSA) is 90.2 Å². The number of nitrogens with zero attached hydrogens (tertiary/aromatic N) is 6. The van der Waals surface area contributed by atoms with E-state index < -0.39 is 18.9 Å². The van der Waals surface area contributed by atoms with Crippen molar-refractivity contribution >= 4 is 44.0 Å². The average molecular weight is 556 g/mol. The van der Waals surface area contributed by atoms with Crippen molar-refractivity contribution in [3.05, 3.63) is 48.4 Å². The molecule has 0 spiro atoms. The number of hydrogen-bond acceptors (Lipinski definition) is 9. The van der Waals surface area contributed by atoms with E-state index in [0.29, 0.717) is 46.6 Å². The fourth-order valence-corrected chi connectivity index (χ4v) is 5.45. The third-order valence-corrected chi connectivity index (χ3v) is 7.36. The van der Waals surface area contributed by atoms with E-state index in [2.05, 4.69) is 30.1 Å². The van der Waals surface area contributed by atoms with E-state index in [4.69, 9.17) is 4.74 Å². The molecule has 1 aliphatic heterocycles. The maximum absolute atomic E-state index is 15.0. The van der Waals surface area contributed by atoms with Gasteiger partial charge in [0.15, 0.2) is 0 Å². The predicted octanol–water partition coefficient (Wildman–Crippen LogP) is 5.41. The zero-order valence-corrected chi connectivity index (χ0v) is 21.8. The van der Waals surface area contributed by atoms with Crippen LogP contribution in [0.2, 0.25) is 0 Å². The summed E-state index contributed by atoms with van der Waals surface area (Å²) in [6.45, 7) is -2.13. The van der Waals surface area contributed by atoms with E-state index in [1.807, 2.05) is 30.1 Å². The maximum atomic E-state index is 15.0. The number of benzene rings is 2. The Morgan fingerprint density at radius 1 is 1.10 bits per heavy atom. The number of rotatable bonds is 7. The molecular formula is C26H24F3N7O2S. The fourth-order valence-electron chi connectivity index (χ4n) is 4.74. The van der Waals surface area contributed by atoms with Gasteiger partial charge < -0.3 is 19.7 Å². The van der Waals surface area contributed by atoms with Crippen LogP contribution in [0.15, 0.2) is 48.4 Å². The standard InChI is InChI=1S/C26H24F3N7O2S/c1-35-6-5-20(17(27)11-35)37-21-8-14(16-10-36(2)34-25(16)38-26(28)29)7-19-23(21)24(31-12-30-19)33-15-3-4-18-22(9-15)39-13-32-18/h3-4,7-10,12-13,17,20,26H,5-6,11H2,1-2H3,(H,30,31,33)/t17-,20-/m1/s1. The van der Waals surface area contributed by atoms with Gasteiger partial charge in [-0.1, -0.05) is 0 Å². The molecule has 0 unspecified atom stereocenters. The Bertz CT molecular complexity index is 1640. The van der Waals surface area contributed by atoms with Crippen molar-refractivity contribution in [3.63, 3.8) is 0 Å². The highest BCUT2D eigenvalue weighted by Gasteiger charge is 2.30. The Kier molecular flexibility index (Phi) is 6.69. The van der Waals surface area contributed by atoms with Gasteiger partial charge in [0.05, 0.1) is 32.2 Å². The van der Waals surface area contributed by atoms with Crippen LogP contribution >= 0.6 is 11.3 Å². The highest BCUT2D eigenvalue weighted by Crippen LogP contribution is 2.40. The molecule has 4 heterocycles. The normalized spacial score (nSPS) is 18.2. The summed E-state index contributed by atoms with van der Waals surface area (Å²) in [5.74, 6) is 0.559. The molecule has 0 aliphatic carbocycles. The van der Waals surface area contributed by atoms with Crippen molar-refractivity contribution < 1.29 is 22.6 Å². The smallest absolute Gasteiger partial charge is 0.388 e. The van der Waals surface area contributed by atoms with Gasteiger partial charge in [0, 0.05) is 32.0 Å². The summed E-state index contributed by atoms with van der Waals surface area (Å²) in [6, 6.07) is 9.16. The van der Waals surface area contributed by atoms with Crippen molar-refractivity contribution in [2.75, 3.05) is 25.5 Å². The number of halogens is 3. The molecule has 5 aromatic rings. The molecule has 0 radical (unpaired) electrons. The summed E-state index contributed by atoms with van der Waals surface area (Å²) in [4.78, 5) is 15.1. The molecule has 1 N–H and O–H groups in total. The lowest BCUT2D eigenvalue weighted by atomic mass is 10.0. The summed E-state index contributed by atoms with van der Waals surface area (Å²) in [7, 11) is 3.47. The maximum Gasteiger partial charge on any atom is 0.388 e. The fraction of sp³-hybridized carbons (Fsp3) is 0.308. The first-order chi connectivity index (χ1) is 18.8. The second kappa shape index (κ2) is 10.3. The van der Waals surface area contributed by atoms with Crippen molar-refractivity contribution in [1.29, 1.82) is 0 Å². The third-order valence-electron chi connectivity index (χ3n) is 6.57. The first-order valence-electron chi connectivity index (χ1n) is 12.2. The van der Waals surface area contributed by atoms with Crippen molar-refractivity contribution in [1.82, 2.24) is 29.6 Å². The van der Waals surface area contributed by atoms with Gasteiger partial charge >= 0.3 is 6.61 Å². The molecule has 1 fully saturated rings. The van der Waals surface area contributed by atoms with Crippen LogP contribution in [0, 0.1) is 0 Å². The lowest BCUT2D eigenvalue weighted by Crippen LogP contribution is -2.45. The number of piperidine rings is 1. The van der Waals surface area contributed by atoms with Crippen molar-refractivity contribution in [2.24, 2.45) is 7.05 Å². The molecular weight excluding hydrogens is 531 g/mol. The zero-order valence-electron chi connectivity index (χ0n) is 21.0. The van der Waals surface area contributed by atoms with Gasteiger partial charge in [-0.3, -0.25) is 4.68 Å². The summed E-state index contributed by atoms with van der Waals surface area (Å²) >= 11 is 1.52. The summed E-state index contributed by atoms with van der Waals surface area (Å²) in [5.41, 5.74) is 4.75. The van der Waals surface area contributed by atoms with E-state index >= 15 is 4.39 Å². The SMILES string of the molecule is CN1CC[C@@H](Oc2cc(-c3cn(C)nc3OC(F)F)cc3ncnc(Nc4ccc5ncsc5c4)c23)[C@H](F)C1. The van der Waals surface area contributed by atoms with Crippen LogP contribution in [0.5, 0.6) is 11.6 Å². The first kappa shape index (κ1) is 25.3.